The molecule has 0 amide bonds. The Morgan fingerprint density at radius 2 is 2.12 bits per heavy atom. The quantitative estimate of drug-likeness (QED) is 0.225. The van der Waals surface area contributed by atoms with E-state index < -0.39 is 0 Å². The first-order chi connectivity index (χ1) is 3.91. The van der Waals surface area contributed by atoms with Gasteiger partial charge < -0.3 is 0 Å². The summed E-state index contributed by atoms with van der Waals surface area (Å²) in [7, 11) is 4.03. The van der Waals surface area contributed by atoms with Crippen molar-refractivity contribution < 1.29 is 21.5 Å². The van der Waals surface area contributed by atoms with E-state index in [-0.39, 0.29) is 0 Å². The van der Waals surface area contributed by atoms with Crippen LogP contribution in [0.15, 0.2) is 0 Å². The van der Waals surface area contributed by atoms with E-state index in [1.165, 1.54) is 17.4 Å². The third-order valence-electron chi connectivity index (χ3n) is 0.789. The van der Waals surface area contributed by atoms with E-state index in [0.717, 1.165) is 0 Å². The topological polar surface area (TPSA) is 24.1 Å². The van der Waals surface area contributed by atoms with Gasteiger partial charge in [0.2, 0.25) is 0 Å². The molecule has 0 aromatic rings. The minimum atomic E-state index is 0.325. The summed E-state index contributed by atoms with van der Waals surface area (Å²) < 4.78 is 4.59. The van der Waals surface area contributed by atoms with Gasteiger partial charge in [0, 0.05) is 0 Å². The molecule has 0 saturated carbocycles. The Bertz CT molecular complexity index is 35.4. The van der Waals surface area contributed by atoms with E-state index in [4.69, 9.17) is 0 Å². The Labute approximate surface area is 62.0 Å². The second kappa shape index (κ2) is 7.65. The average molecular weight is 229 g/mol. The molecule has 2 nitrogen and oxygen atoms in total. The van der Waals surface area contributed by atoms with E-state index in [1.54, 1.807) is 0 Å². The van der Waals surface area contributed by atoms with Crippen LogP contribution in [0.25, 0.3) is 0 Å². The van der Waals surface area contributed by atoms with E-state index >= 15 is 0 Å². The molecular formula is C5H14IN2-. The van der Waals surface area contributed by atoms with Crippen molar-refractivity contribution >= 4 is 0 Å². The van der Waals surface area contributed by atoms with Gasteiger partial charge in [0.05, 0.1) is 0 Å². The summed E-state index contributed by atoms with van der Waals surface area (Å²) in [4.78, 5) is 0. The molecule has 0 aliphatic carbocycles. The van der Waals surface area contributed by atoms with Crippen molar-refractivity contribution in [3.63, 3.8) is 0 Å². The molecule has 0 aromatic heterocycles. The van der Waals surface area contributed by atoms with E-state index in [1.807, 2.05) is 14.1 Å². The molecule has 2 N–H and O–H groups in total. The number of alkyl halides is 1. The SMILES string of the molecule is CNCCC[I-]NC. The molecule has 0 bridgehead atoms. The molecular weight excluding hydrogens is 215 g/mol. The maximum absolute atomic E-state index is 3.21. The van der Waals surface area contributed by atoms with Crippen LogP contribution in [0, 0.1) is 0 Å². The summed E-state index contributed by atoms with van der Waals surface area (Å²) in [5, 5.41) is 3.12. The molecule has 0 aromatic carbocycles. The molecule has 0 unspecified atom stereocenters. The minimum absolute atomic E-state index is 0.325. The van der Waals surface area contributed by atoms with E-state index in [9.17, 15) is 0 Å². The number of hydrogen-bond donors (Lipinski definition) is 2. The summed E-state index contributed by atoms with van der Waals surface area (Å²) in [6, 6.07) is 0. The molecule has 0 atom stereocenters. The third-order valence-corrected chi connectivity index (χ3v) is 2.85. The fourth-order valence-corrected chi connectivity index (χ4v) is 1.71. The molecule has 8 heavy (non-hydrogen) atoms. The monoisotopic (exact) mass is 229 g/mol. The second-order valence-electron chi connectivity index (χ2n) is 1.47. The van der Waals surface area contributed by atoms with Gasteiger partial charge in [-0.2, -0.15) is 0 Å². The number of nitrogens with one attached hydrogen (secondary N) is 2. The first-order valence-electron chi connectivity index (χ1n) is 2.81. The summed E-state index contributed by atoms with van der Waals surface area (Å²) in [5.74, 6) is 0. The zero-order chi connectivity index (χ0) is 6.24. The predicted octanol–water partition coefficient (Wildman–Crippen LogP) is -3.18. The van der Waals surface area contributed by atoms with Gasteiger partial charge in [-0.1, -0.05) is 0 Å². The van der Waals surface area contributed by atoms with E-state index in [0.29, 0.717) is 21.5 Å². The molecule has 0 aliphatic rings. The molecule has 0 fully saturated rings. The van der Waals surface area contributed by atoms with Crippen molar-refractivity contribution in [2.75, 3.05) is 25.1 Å². The number of rotatable bonds is 5. The van der Waals surface area contributed by atoms with Gasteiger partial charge in [-0.15, -0.1) is 0 Å². The normalized spacial score (nSPS) is 10.2. The zero-order valence-corrected chi connectivity index (χ0v) is 7.66. The van der Waals surface area contributed by atoms with Crippen molar-refractivity contribution in [3.05, 3.63) is 0 Å². The number of hydrogen-bond acceptors (Lipinski definition) is 2. The Balaban J connectivity index is 2.53. The van der Waals surface area contributed by atoms with Gasteiger partial charge in [0.15, 0.2) is 0 Å². The third kappa shape index (κ3) is 6.65. The fraction of sp³-hybridized carbons (Fsp3) is 1.00. The Hall–Kier alpha value is 0.650. The van der Waals surface area contributed by atoms with Crippen LogP contribution in [0.2, 0.25) is 0 Å². The molecule has 0 aliphatic heterocycles. The van der Waals surface area contributed by atoms with Gasteiger partial charge in [-0.25, -0.2) is 0 Å². The first-order valence-corrected chi connectivity index (χ1v) is 5.41. The first kappa shape index (κ1) is 8.65. The summed E-state index contributed by atoms with van der Waals surface area (Å²) in [6.07, 6.45) is 1.32. The molecule has 0 saturated heterocycles. The standard InChI is InChI=1S/C5H14IN2/c1-7-5-3-4-6-8-2/h7-8H,3-5H2,1-2H3/q-1. The van der Waals surface area contributed by atoms with E-state index in [2.05, 4.69) is 8.85 Å². The number of halogens is 1. The average Bonchev–Trinajstić information content (AvgIpc) is 1.81. The summed E-state index contributed by atoms with van der Waals surface area (Å²) >= 11 is 0.325. The van der Waals surface area contributed by atoms with Crippen LogP contribution in [-0.4, -0.2) is 25.1 Å². The van der Waals surface area contributed by atoms with Crippen LogP contribution in [0.3, 0.4) is 0 Å². The zero-order valence-electron chi connectivity index (χ0n) is 5.50. The summed E-state index contributed by atoms with van der Waals surface area (Å²) in [5.41, 5.74) is 0. The van der Waals surface area contributed by atoms with Gasteiger partial charge >= 0.3 is 61.8 Å². The predicted molar refractivity (Wildman–Crippen MR) is 32.5 cm³/mol. The molecule has 3 heteroatoms. The van der Waals surface area contributed by atoms with Crippen molar-refractivity contribution in [2.24, 2.45) is 0 Å². The van der Waals surface area contributed by atoms with Gasteiger partial charge in [-0.3, -0.25) is 0 Å². The summed E-state index contributed by atoms with van der Waals surface area (Å²) in [6.45, 7) is 1.17. The van der Waals surface area contributed by atoms with Gasteiger partial charge in [-0.05, 0) is 0 Å². The molecule has 0 spiro atoms. The fourth-order valence-electron chi connectivity index (χ4n) is 0.405. The Kier molecular flexibility index (Phi) is 8.27. The molecule has 0 radical (unpaired) electrons. The van der Waals surface area contributed by atoms with Crippen molar-refractivity contribution in [3.8, 4) is 0 Å². The van der Waals surface area contributed by atoms with Gasteiger partial charge in [0.25, 0.3) is 0 Å². The van der Waals surface area contributed by atoms with Crippen LogP contribution >= 0.6 is 0 Å². The molecule has 0 rings (SSSR count). The molecule has 52 valence electrons. The Morgan fingerprint density at radius 1 is 1.38 bits per heavy atom. The van der Waals surface area contributed by atoms with Crippen LogP contribution < -0.4 is 30.3 Å². The molecule has 0 heterocycles. The van der Waals surface area contributed by atoms with Crippen LogP contribution in [-0.2, 0) is 0 Å². The van der Waals surface area contributed by atoms with Crippen molar-refractivity contribution in [1.29, 1.82) is 0 Å². The second-order valence-corrected chi connectivity index (χ2v) is 4.39. The van der Waals surface area contributed by atoms with Crippen molar-refractivity contribution in [1.82, 2.24) is 8.85 Å². The van der Waals surface area contributed by atoms with Crippen molar-refractivity contribution in [2.45, 2.75) is 6.42 Å². The van der Waals surface area contributed by atoms with Gasteiger partial charge in [0.1, 0.15) is 0 Å². The van der Waals surface area contributed by atoms with Crippen LogP contribution in [0.4, 0.5) is 0 Å². The maximum atomic E-state index is 3.21. The van der Waals surface area contributed by atoms with Crippen LogP contribution in [0.1, 0.15) is 6.42 Å². The van der Waals surface area contributed by atoms with Crippen LogP contribution in [0.5, 0.6) is 0 Å². The Morgan fingerprint density at radius 3 is 2.62 bits per heavy atom.